The van der Waals surface area contributed by atoms with Crippen LogP contribution in [0.4, 0.5) is 0 Å². The van der Waals surface area contributed by atoms with Gasteiger partial charge in [0, 0.05) is 23.1 Å². The molecule has 2 aliphatic carbocycles. The third-order valence-electron chi connectivity index (χ3n) is 6.21. The van der Waals surface area contributed by atoms with E-state index < -0.39 is 0 Å². The van der Waals surface area contributed by atoms with Crippen molar-refractivity contribution in [2.45, 2.75) is 12.3 Å². The number of para-hydroxylation sites is 1. The Morgan fingerprint density at radius 1 is 0.800 bits per heavy atom. The van der Waals surface area contributed by atoms with Gasteiger partial charge in [-0.3, -0.25) is 4.98 Å². The van der Waals surface area contributed by atoms with E-state index in [1.807, 2.05) is 12.3 Å². The van der Waals surface area contributed by atoms with E-state index in [-0.39, 0.29) is 0 Å². The Kier molecular flexibility index (Phi) is 3.99. The zero-order valence-corrected chi connectivity index (χ0v) is 16.6. The first kappa shape index (κ1) is 17.2. The minimum atomic E-state index is 0.359. The van der Waals surface area contributed by atoms with Crippen molar-refractivity contribution in [1.82, 2.24) is 4.98 Å². The van der Waals surface area contributed by atoms with E-state index in [0.29, 0.717) is 5.92 Å². The van der Waals surface area contributed by atoms with Gasteiger partial charge in [0.25, 0.3) is 0 Å². The summed E-state index contributed by atoms with van der Waals surface area (Å²) in [6, 6.07) is 26.1. The second kappa shape index (κ2) is 6.96. The number of hydrogen-bond acceptors (Lipinski definition) is 1. The van der Waals surface area contributed by atoms with Crippen molar-refractivity contribution < 1.29 is 0 Å². The van der Waals surface area contributed by atoms with Crippen molar-refractivity contribution in [3.8, 4) is 11.1 Å². The van der Waals surface area contributed by atoms with Crippen LogP contribution in [0.5, 0.6) is 0 Å². The Morgan fingerprint density at radius 3 is 2.63 bits per heavy atom. The topological polar surface area (TPSA) is 12.9 Å². The Bertz CT molecular complexity index is 1350. The third kappa shape index (κ3) is 2.74. The predicted molar refractivity (Wildman–Crippen MR) is 125 cm³/mol. The number of aromatic nitrogens is 1. The summed E-state index contributed by atoms with van der Waals surface area (Å²) >= 11 is 0. The van der Waals surface area contributed by atoms with Gasteiger partial charge in [0.2, 0.25) is 0 Å². The van der Waals surface area contributed by atoms with Crippen LogP contribution in [0, 0.1) is 0 Å². The number of benzene rings is 3. The largest absolute Gasteiger partial charge is 0.256 e. The predicted octanol–water partition coefficient (Wildman–Crippen LogP) is 7.10. The average molecular weight is 383 g/mol. The van der Waals surface area contributed by atoms with Crippen molar-refractivity contribution in [3.63, 3.8) is 0 Å². The highest BCUT2D eigenvalue weighted by Crippen LogP contribution is 2.46. The van der Waals surface area contributed by atoms with Crippen LogP contribution >= 0.6 is 0 Å². The smallest absolute Gasteiger partial charge is 0.0780 e. The molecule has 0 N–H and O–H groups in total. The normalized spacial score (nSPS) is 16.4. The highest BCUT2D eigenvalue weighted by Gasteiger charge is 2.27. The molecule has 1 nitrogen and oxygen atoms in total. The number of hydrogen-bond donors (Lipinski definition) is 0. The fourth-order valence-corrected chi connectivity index (χ4v) is 4.84. The summed E-state index contributed by atoms with van der Waals surface area (Å²) in [7, 11) is 0. The monoisotopic (exact) mass is 383 g/mol. The van der Waals surface area contributed by atoms with Gasteiger partial charge in [0.15, 0.2) is 0 Å². The van der Waals surface area contributed by atoms with Crippen molar-refractivity contribution in [2.75, 3.05) is 0 Å². The zero-order valence-electron chi connectivity index (χ0n) is 16.6. The molecule has 3 aromatic carbocycles. The summed E-state index contributed by atoms with van der Waals surface area (Å²) in [4.78, 5) is 4.77. The van der Waals surface area contributed by atoms with E-state index in [1.54, 1.807) is 0 Å². The molecule has 2 aliphatic rings. The molecule has 0 saturated carbocycles. The molecule has 0 bridgehead atoms. The second-order valence-electron chi connectivity index (χ2n) is 8.01. The Hall–Kier alpha value is -3.71. The molecule has 4 aromatic rings. The van der Waals surface area contributed by atoms with Gasteiger partial charge >= 0.3 is 0 Å². The third-order valence-corrected chi connectivity index (χ3v) is 6.21. The first-order valence-corrected chi connectivity index (χ1v) is 10.5. The van der Waals surface area contributed by atoms with Crippen LogP contribution in [0.1, 0.15) is 28.2 Å². The van der Waals surface area contributed by atoms with Crippen molar-refractivity contribution in [1.29, 1.82) is 0 Å². The summed E-state index contributed by atoms with van der Waals surface area (Å²) in [5.41, 5.74) is 10.4. The van der Waals surface area contributed by atoms with Crippen molar-refractivity contribution >= 4 is 17.0 Å². The molecule has 30 heavy (non-hydrogen) atoms. The van der Waals surface area contributed by atoms with E-state index in [2.05, 4.69) is 97.1 Å². The standard InChI is InChI=1S/C29H21N/c1-2-8-20(9-3-1)18-23-15-16-25-24-13-5-4-10-22(24)19-27(25)28(23)26-14-6-11-21-12-7-17-30-29(21)26/h1-17,19,24H,18H2. The maximum absolute atomic E-state index is 4.77. The maximum Gasteiger partial charge on any atom is 0.0780 e. The van der Waals surface area contributed by atoms with E-state index in [1.165, 1.54) is 44.3 Å². The Labute approximate surface area is 176 Å². The van der Waals surface area contributed by atoms with E-state index in [9.17, 15) is 0 Å². The molecule has 1 heteroatoms. The Balaban J connectivity index is 1.63. The van der Waals surface area contributed by atoms with E-state index in [4.69, 9.17) is 4.98 Å². The van der Waals surface area contributed by atoms with Gasteiger partial charge in [0.05, 0.1) is 5.52 Å². The van der Waals surface area contributed by atoms with Gasteiger partial charge in [-0.05, 0) is 52.0 Å². The van der Waals surface area contributed by atoms with Gasteiger partial charge in [-0.25, -0.2) is 0 Å². The molecule has 0 amide bonds. The van der Waals surface area contributed by atoms with Crippen LogP contribution in [-0.2, 0) is 6.42 Å². The summed E-state index contributed by atoms with van der Waals surface area (Å²) in [5.74, 6) is 0.359. The lowest BCUT2D eigenvalue weighted by Crippen LogP contribution is -2.00. The SMILES string of the molecule is C1=CC2=Cc3c(ccc(Cc4ccccc4)c3-c3cccc4cccnc34)C2C=C1. The lowest BCUT2D eigenvalue weighted by atomic mass is 9.85. The number of allylic oxidation sites excluding steroid dienone is 5. The molecule has 0 radical (unpaired) electrons. The van der Waals surface area contributed by atoms with Gasteiger partial charge in [-0.15, -0.1) is 0 Å². The van der Waals surface area contributed by atoms with Gasteiger partial charge in [-0.2, -0.15) is 0 Å². The van der Waals surface area contributed by atoms with Gasteiger partial charge < -0.3 is 0 Å². The highest BCUT2D eigenvalue weighted by molar-refractivity contribution is 5.98. The summed E-state index contributed by atoms with van der Waals surface area (Å²) in [6.45, 7) is 0. The quantitative estimate of drug-likeness (QED) is 0.368. The molecule has 1 unspecified atom stereocenters. The van der Waals surface area contributed by atoms with E-state index in [0.717, 1.165) is 11.9 Å². The molecule has 1 heterocycles. The molecule has 142 valence electrons. The second-order valence-corrected chi connectivity index (χ2v) is 8.01. The Morgan fingerprint density at radius 2 is 1.70 bits per heavy atom. The zero-order chi connectivity index (χ0) is 19.9. The fourth-order valence-electron chi connectivity index (χ4n) is 4.84. The van der Waals surface area contributed by atoms with Crippen LogP contribution in [0.3, 0.4) is 0 Å². The van der Waals surface area contributed by atoms with Crippen LogP contribution in [0.15, 0.2) is 109 Å². The lowest BCUT2D eigenvalue weighted by Gasteiger charge is -2.18. The molecule has 1 atom stereocenters. The number of fused-ring (bicyclic) bond motifs is 4. The number of pyridine rings is 1. The molecular formula is C29H21N. The highest BCUT2D eigenvalue weighted by atomic mass is 14.6. The van der Waals surface area contributed by atoms with Crippen LogP contribution in [0.2, 0.25) is 0 Å². The molecule has 0 aliphatic heterocycles. The number of rotatable bonds is 3. The van der Waals surface area contributed by atoms with Crippen molar-refractivity contribution in [2.24, 2.45) is 0 Å². The fraction of sp³-hybridized carbons (Fsp3) is 0.0690. The molecule has 6 rings (SSSR count). The maximum atomic E-state index is 4.77. The molecule has 0 saturated heterocycles. The van der Waals surface area contributed by atoms with Crippen LogP contribution < -0.4 is 0 Å². The molecule has 1 aromatic heterocycles. The van der Waals surface area contributed by atoms with Gasteiger partial charge in [-0.1, -0.05) is 91.0 Å². The minimum absolute atomic E-state index is 0.359. The van der Waals surface area contributed by atoms with Crippen LogP contribution in [-0.4, -0.2) is 4.98 Å². The minimum Gasteiger partial charge on any atom is -0.256 e. The van der Waals surface area contributed by atoms with Crippen molar-refractivity contribution in [3.05, 3.63) is 131 Å². The first-order chi connectivity index (χ1) is 14.9. The summed E-state index contributed by atoms with van der Waals surface area (Å²) < 4.78 is 0. The molecule has 0 fully saturated rings. The first-order valence-electron chi connectivity index (χ1n) is 10.5. The lowest BCUT2D eigenvalue weighted by molar-refractivity contribution is 1.04. The molecular weight excluding hydrogens is 362 g/mol. The summed E-state index contributed by atoms with van der Waals surface area (Å²) in [6.07, 6.45) is 14.0. The summed E-state index contributed by atoms with van der Waals surface area (Å²) in [5, 5.41) is 1.18. The average Bonchev–Trinajstić information content (AvgIpc) is 3.18. The van der Waals surface area contributed by atoms with Gasteiger partial charge in [0.1, 0.15) is 0 Å². The number of nitrogens with zero attached hydrogens (tertiary/aromatic N) is 1. The van der Waals surface area contributed by atoms with Crippen LogP contribution in [0.25, 0.3) is 28.1 Å². The van der Waals surface area contributed by atoms with E-state index >= 15 is 0 Å². The molecule has 0 spiro atoms.